The molecule has 2 heterocycles. The van der Waals surface area contributed by atoms with Crippen molar-refractivity contribution in [3.8, 4) is 11.1 Å². The fourth-order valence-corrected chi connectivity index (χ4v) is 4.45. The van der Waals surface area contributed by atoms with Crippen molar-refractivity contribution in [2.24, 2.45) is 0 Å². The van der Waals surface area contributed by atoms with Crippen molar-refractivity contribution in [1.82, 2.24) is 15.0 Å². The lowest BCUT2D eigenvalue weighted by Crippen LogP contribution is -2.30. The van der Waals surface area contributed by atoms with Crippen LogP contribution < -0.4 is 10.0 Å². The smallest absolute Gasteiger partial charge is 0.240 e. The molecule has 29 heavy (non-hydrogen) atoms. The fraction of sp³-hybridized carbons (Fsp3) is 0.158. The van der Waals surface area contributed by atoms with Crippen LogP contribution in [-0.4, -0.2) is 25.9 Å². The van der Waals surface area contributed by atoms with Crippen LogP contribution in [0.1, 0.15) is 12.0 Å². The zero-order chi connectivity index (χ0) is 20.9. The number of aromatic nitrogens is 1. The summed E-state index contributed by atoms with van der Waals surface area (Å²) >= 11 is 7.20. The molecule has 0 radical (unpaired) electrons. The van der Waals surface area contributed by atoms with Gasteiger partial charge in [-0.1, -0.05) is 11.6 Å². The highest BCUT2D eigenvalue weighted by atomic mass is 35.5. The number of amides is 1. The van der Waals surface area contributed by atoms with Crippen molar-refractivity contribution in [2.75, 3.05) is 6.54 Å². The van der Waals surface area contributed by atoms with E-state index in [9.17, 15) is 17.6 Å². The molecule has 2 N–H and O–H groups in total. The Morgan fingerprint density at radius 3 is 2.72 bits per heavy atom. The Kier molecular flexibility index (Phi) is 6.96. The molecule has 3 aromatic rings. The Bertz CT molecular complexity index is 1110. The number of halogens is 2. The number of benzene rings is 1. The van der Waals surface area contributed by atoms with Gasteiger partial charge in [0, 0.05) is 37.5 Å². The molecule has 0 aliphatic carbocycles. The van der Waals surface area contributed by atoms with E-state index >= 15 is 0 Å². The van der Waals surface area contributed by atoms with Gasteiger partial charge in [-0.3, -0.25) is 9.78 Å². The summed E-state index contributed by atoms with van der Waals surface area (Å²) in [4.78, 5) is 16.0. The molecule has 2 aromatic heterocycles. The minimum atomic E-state index is -3.88. The summed E-state index contributed by atoms with van der Waals surface area (Å²) in [5, 5.41) is 6.43. The van der Waals surface area contributed by atoms with Gasteiger partial charge < -0.3 is 5.32 Å². The molecule has 0 bridgehead atoms. The lowest BCUT2D eigenvalue weighted by Gasteiger charge is -2.09. The van der Waals surface area contributed by atoms with Gasteiger partial charge in [-0.2, -0.15) is 11.3 Å². The zero-order valence-electron chi connectivity index (χ0n) is 15.1. The second-order valence-corrected chi connectivity index (χ2v) is 9.05. The molecular weight excluding hydrogens is 437 g/mol. The molecule has 1 amide bonds. The van der Waals surface area contributed by atoms with Crippen molar-refractivity contribution >= 4 is 38.9 Å². The first kappa shape index (κ1) is 21.4. The van der Waals surface area contributed by atoms with Crippen LogP contribution in [0.2, 0.25) is 5.02 Å². The third-order valence-corrected chi connectivity index (χ3v) is 6.42. The minimum absolute atomic E-state index is 0.0498. The minimum Gasteiger partial charge on any atom is -0.352 e. The predicted octanol–water partition coefficient (Wildman–Crippen LogP) is 3.59. The number of carbonyl (C=O) groups is 1. The second-order valence-electron chi connectivity index (χ2n) is 6.09. The number of nitrogens with zero attached hydrogens (tertiary/aromatic N) is 1. The Balaban J connectivity index is 1.49. The van der Waals surface area contributed by atoms with E-state index < -0.39 is 15.8 Å². The van der Waals surface area contributed by atoms with Gasteiger partial charge in [-0.15, -0.1) is 0 Å². The summed E-state index contributed by atoms with van der Waals surface area (Å²) in [7, 11) is -3.88. The van der Waals surface area contributed by atoms with Crippen LogP contribution in [0.4, 0.5) is 4.39 Å². The average Bonchev–Trinajstić information content (AvgIpc) is 3.23. The van der Waals surface area contributed by atoms with Gasteiger partial charge in [-0.25, -0.2) is 17.5 Å². The maximum absolute atomic E-state index is 13.2. The summed E-state index contributed by atoms with van der Waals surface area (Å²) < 4.78 is 39.8. The van der Waals surface area contributed by atoms with E-state index in [0.29, 0.717) is 0 Å². The van der Waals surface area contributed by atoms with Gasteiger partial charge in [0.05, 0.1) is 9.92 Å². The Morgan fingerprint density at radius 2 is 2.00 bits per heavy atom. The Labute approximate surface area is 176 Å². The van der Waals surface area contributed by atoms with Gasteiger partial charge in [0.2, 0.25) is 15.9 Å². The number of hydrogen-bond acceptors (Lipinski definition) is 5. The molecule has 0 saturated carbocycles. The summed E-state index contributed by atoms with van der Waals surface area (Å²) in [6, 6.07) is 7.03. The zero-order valence-corrected chi connectivity index (χ0v) is 17.5. The summed E-state index contributed by atoms with van der Waals surface area (Å²) in [6.45, 7) is 0.181. The number of thiophene rings is 1. The van der Waals surface area contributed by atoms with Gasteiger partial charge in [0.25, 0.3) is 0 Å². The summed E-state index contributed by atoms with van der Waals surface area (Å²) in [6.07, 6.45) is 3.37. The Morgan fingerprint density at radius 1 is 1.17 bits per heavy atom. The van der Waals surface area contributed by atoms with Crippen molar-refractivity contribution < 1.29 is 17.6 Å². The predicted molar refractivity (Wildman–Crippen MR) is 111 cm³/mol. The van der Waals surface area contributed by atoms with Crippen LogP contribution in [0.25, 0.3) is 11.1 Å². The standard InChI is InChI=1S/C19H17ClFN3O3S2/c20-17-8-16(1-2-18(17)21)29(26,27)24-5-3-19(25)23-10-13-7-15(11-22-9-13)14-4-6-28-12-14/h1-2,4,6-9,11-12,24H,3,5,10H2,(H,23,25). The molecule has 0 atom stereocenters. The number of pyridine rings is 1. The molecule has 0 fully saturated rings. The van der Waals surface area contributed by atoms with Crippen LogP contribution in [0.15, 0.2) is 58.4 Å². The van der Waals surface area contributed by atoms with Crippen LogP contribution in [0, 0.1) is 5.82 Å². The molecule has 0 saturated heterocycles. The fourth-order valence-electron chi connectivity index (χ4n) is 2.49. The first-order valence-electron chi connectivity index (χ1n) is 8.53. The second kappa shape index (κ2) is 9.45. The van der Waals surface area contributed by atoms with Crippen molar-refractivity contribution in [2.45, 2.75) is 17.9 Å². The van der Waals surface area contributed by atoms with E-state index in [0.717, 1.165) is 34.9 Å². The van der Waals surface area contributed by atoms with Crippen LogP contribution >= 0.6 is 22.9 Å². The maximum atomic E-state index is 13.2. The third-order valence-electron chi connectivity index (χ3n) is 3.98. The normalized spacial score (nSPS) is 11.4. The van der Waals surface area contributed by atoms with E-state index in [1.807, 2.05) is 22.9 Å². The molecule has 0 spiro atoms. The molecule has 0 unspecified atom stereocenters. The van der Waals surface area contributed by atoms with Crippen molar-refractivity contribution in [3.05, 3.63) is 69.9 Å². The number of sulfonamides is 1. The number of nitrogens with one attached hydrogen (secondary N) is 2. The average molecular weight is 454 g/mol. The maximum Gasteiger partial charge on any atom is 0.240 e. The summed E-state index contributed by atoms with van der Waals surface area (Å²) in [5.41, 5.74) is 2.86. The molecular formula is C19H17ClFN3O3S2. The van der Waals surface area contributed by atoms with E-state index in [-0.39, 0.29) is 35.3 Å². The van der Waals surface area contributed by atoms with Gasteiger partial charge in [-0.05, 0) is 52.2 Å². The van der Waals surface area contributed by atoms with Crippen molar-refractivity contribution in [3.63, 3.8) is 0 Å². The molecule has 0 aliphatic heterocycles. The lowest BCUT2D eigenvalue weighted by atomic mass is 10.1. The third kappa shape index (κ3) is 5.83. The van der Waals surface area contributed by atoms with Gasteiger partial charge in [0.15, 0.2) is 0 Å². The van der Waals surface area contributed by atoms with E-state index in [1.54, 1.807) is 23.7 Å². The van der Waals surface area contributed by atoms with Crippen molar-refractivity contribution in [1.29, 1.82) is 0 Å². The quantitative estimate of drug-likeness (QED) is 0.545. The highest BCUT2D eigenvalue weighted by Crippen LogP contribution is 2.22. The highest BCUT2D eigenvalue weighted by molar-refractivity contribution is 7.89. The number of carbonyl (C=O) groups excluding carboxylic acids is 1. The monoisotopic (exact) mass is 453 g/mol. The topological polar surface area (TPSA) is 88.2 Å². The Hall–Kier alpha value is -2.33. The molecule has 3 rings (SSSR count). The number of hydrogen-bond donors (Lipinski definition) is 2. The van der Waals surface area contributed by atoms with E-state index in [2.05, 4.69) is 15.0 Å². The van der Waals surface area contributed by atoms with E-state index in [4.69, 9.17) is 11.6 Å². The number of rotatable bonds is 8. The lowest BCUT2D eigenvalue weighted by molar-refractivity contribution is -0.121. The molecule has 152 valence electrons. The first-order chi connectivity index (χ1) is 13.8. The largest absolute Gasteiger partial charge is 0.352 e. The molecule has 1 aromatic carbocycles. The van der Waals surface area contributed by atoms with Gasteiger partial charge >= 0.3 is 0 Å². The van der Waals surface area contributed by atoms with E-state index in [1.165, 1.54) is 0 Å². The molecule has 0 aliphatic rings. The SMILES string of the molecule is O=C(CCNS(=O)(=O)c1ccc(F)c(Cl)c1)NCc1cncc(-c2ccsc2)c1. The molecule has 6 nitrogen and oxygen atoms in total. The highest BCUT2D eigenvalue weighted by Gasteiger charge is 2.16. The van der Waals surface area contributed by atoms with Crippen LogP contribution in [0.5, 0.6) is 0 Å². The van der Waals surface area contributed by atoms with Crippen LogP contribution in [0.3, 0.4) is 0 Å². The first-order valence-corrected chi connectivity index (χ1v) is 11.3. The molecule has 10 heteroatoms. The van der Waals surface area contributed by atoms with Crippen LogP contribution in [-0.2, 0) is 21.4 Å². The van der Waals surface area contributed by atoms with Gasteiger partial charge in [0.1, 0.15) is 5.82 Å². The summed E-state index contributed by atoms with van der Waals surface area (Å²) in [5.74, 6) is -1.02.